The van der Waals surface area contributed by atoms with Gasteiger partial charge in [0.25, 0.3) is 5.91 Å². The Morgan fingerprint density at radius 1 is 1.07 bits per heavy atom. The maximum Gasteiger partial charge on any atom is 0.473 e. The van der Waals surface area contributed by atoms with Crippen molar-refractivity contribution in [2.24, 2.45) is 12.0 Å². The normalized spacial score (nSPS) is 18.4. The fraction of sp³-hybridized carbons (Fsp3) is 0.429. The zero-order valence-electron chi connectivity index (χ0n) is 24.4. The first-order chi connectivity index (χ1) is 20.9. The molecule has 3 aromatic rings. The van der Waals surface area contributed by atoms with Crippen molar-refractivity contribution < 1.29 is 45.5 Å². The standard InChI is InChI=1S/C28H28F6N6O4S/c1-27(2,3)44-26(43)39-24-20(38-23(45-24)19-15(30)6-5-7-16(19)31)22(41)36-18-12-35-40(4)21(18)13-8-10-14(29)17(11-9-13)37-25(42)28(32,33)34/h5-7,12-14H,8-11H2,1-4H3,(H,36,41)(H,39,43)/t13?,14-/m1/s1. The lowest BCUT2D eigenvalue weighted by Crippen LogP contribution is -2.27. The van der Waals surface area contributed by atoms with Crippen LogP contribution < -0.4 is 10.6 Å². The number of nitrogens with zero attached hydrogens (tertiary/aromatic N) is 4. The van der Waals surface area contributed by atoms with Gasteiger partial charge in [-0.3, -0.25) is 19.6 Å². The topological polar surface area (TPSA) is 128 Å². The number of carbonyl (C=O) groups is 3. The molecule has 0 aliphatic heterocycles. The van der Waals surface area contributed by atoms with Crippen molar-refractivity contribution >= 4 is 45.6 Å². The van der Waals surface area contributed by atoms with Crippen molar-refractivity contribution in [3.05, 3.63) is 47.4 Å². The van der Waals surface area contributed by atoms with Crippen molar-refractivity contribution in [1.82, 2.24) is 14.8 Å². The zero-order valence-corrected chi connectivity index (χ0v) is 25.2. The number of aliphatic imine (C=N–C) groups is 1. The Balaban J connectivity index is 1.64. The van der Waals surface area contributed by atoms with Gasteiger partial charge in [0.05, 0.1) is 28.9 Å². The largest absolute Gasteiger partial charge is 0.473 e. The van der Waals surface area contributed by atoms with Crippen LogP contribution in [0, 0.1) is 11.6 Å². The van der Waals surface area contributed by atoms with Gasteiger partial charge in [-0.05, 0) is 58.6 Å². The zero-order chi connectivity index (χ0) is 33.3. The smallest absolute Gasteiger partial charge is 0.444 e. The monoisotopic (exact) mass is 658 g/mol. The molecule has 1 unspecified atom stereocenters. The molecule has 0 saturated heterocycles. The molecule has 1 aliphatic carbocycles. The Morgan fingerprint density at radius 3 is 2.36 bits per heavy atom. The summed E-state index contributed by atoms with van der Waals surface area (Å²) >= 11 is 0.634. The molecular formula is C28H28F6N6O4S. The molecule has 17 heteroatoms. The summed E-state index contributed by atoms with van der Waals surface area (Å²) < 4.78 is 88.6. The van der Waals surface area contributed by atoms with E-state index in [0.717, 1.165) is 18.2 Å². The van der Waals surface area contributed by atoms with Gasteiger partial charge >= 0.3 is 18.2 Å². The van der Waals surface area contributed by atoms with Gasteiger partial charge < -0.3 is 10.1 Å². The summed E-state index contributed by atoms with van der Waals surface area (Å²) in [6.07, 6.45) is -7.04. The van der Waals surface area contributed by atoms with Crippen LogP contribution in [0.4, 0.5) is 41.8 Å². The average molecular weight is 659 g/mol. The summed E-state index contributed by atoms with van der Waals surface area (Å²) in [6, 6.07) is 3.17. The summed E-state index contributed by atoms with van der Waals surface area (Å²) in [5.41, 5.74) is -1.80. The Labute approximate surface area is 256 Å². The number of nitrogens with one attached hydrogen (secondary N) is 2. The van der Waals surface area contributed by atoms with Crippen LogP contribution in [0.15, 0.2) is 29.4 Å². The van der Waals surface area contributed by atoms with E-state index in [9.17, 15) is 40.7 Å². The molecule has 1 fully saturated rings. The minimum absolute atomic E-state index is 0.0889. The average Bonchev–Trinajstić information content (AvgIpc) is 3.43. The summed E-state index contributed by atoms with van der Waals surface area (Å²) in [6.45, 7) is 4.83. The van der Waals surface area contributed by atoms with Gasteiger partial charge in [-0.25, -0.2) is 27.9 Å². The summed E-state index contributed by atoms with van der Waals surface area (Å²) in [5.74, 6) is -5.70. The van der Waals surface area contributed by atoms with Crippen LogP contribution in [0.5, 0.6) is 0 Å². The molecule has 1 saturated carbocycles. The number of aryl methyl sites for hydroxylation is 1. The van der Waals surface area contributed by atoms with Gasteiger partial charge in [0.15, 0.2) is 5.69 Å². The second-order valence-corrected chi connectivity index (χ2v) is 12.1. The quantitative estimate of drug-likeness (QED) is 0.226. The molecule has 3 amide bonds. The summed E-state index contributed by atoms with van der Waals surface area (Å²) in [7, 11) is 1.54. The van der Waals surface area contributed by atoms with Crippen LogP contribution in [-0.2, 0) is 16.6 Å². The Morgan fingerprint density at radius 2 is 1.73 bits per heavy atom. The number of rotatable bonds is 5. The lowest BCUT2D eigenvalue weighted by molar-refractivity contribution is -0.169. The molecule has 242 valence electrons. The van der Waals surface area contributed by atoms with Gasteiger partial charge in [0, 0.05) is 13.0 Å². The van der Waals surface area contributed by atoms with Crippen LogP contribution in [0.2, 0.25) is 0 Å². The first-order valence-corrected chi connectivity index (χ1v) is 14.4. The van der Waals surface area contributed by atoms with Gasteiger partial charge in [0.1, 0.15) is 33.4 Å². The maximum atomic E-state index is 14.7. The third-order valence-electron chi connectivity index (χ3n) is 6.62. The second kappa shape index (κ2) is 13.0. The molecule has 45 heavy (non-hydrogen) atoms. The van der Waals surface area contributed by atoms with E-state index in [1.807, 2.05) is 0 Å². The van der Waals surface area contributed by atoms with E-state index >= 15 is 0 Å². The van der Waals surface area contributed by atoms with E-state index in [0.29, 0.717) is 17.0 Å². The van der Waals surface area contributed by atoms with Gasteiger partial charge in [-0.15, -0.1) is 0 Å². The molecule has 1 aliphatic rings. The predicted octanol–water partition coefficient (Wildman–Crippen LogP) is 6.95. The molecule has 1 aromatic carbocycles. The van der Waals surface area contributed by atoms with E-state index in [4.69, 9.17) is 4.74 Å². The highest BCUT2D eigenvalue weighted by Crippen LogP contribution is 2.38. The van der Waals surface area contributed by atoms with Gasteiger partial charge in [-0.1, -0.05) is 17.4 Å². The number of ether oxygens (including phenoxy) is 1. The highest BCUT2D eigenvalue weighted by molar-refractivity contribution is 7.19. The summed E-state index contributed by atoms with van der Waals surface area (Å²) in [4.78, 5) is 44.5. The van der Waals surface area contributed by atoms with E-state index in [1.165, 1.54) is 10.9 Å². The Kier molecular flexibility index (Phi) is 9.70. The third kappa shape index (κ3) is 8.06. The molecule has 0 spiro atoms. The number of hydrogen-bond donors (Lipinski definition) is 2. The van der Waals surface area contributed by atoms with Crippen molar-refractivity contribution in [2.75, 3.05) is 10.6 Å². The first-order valence-electron chi connectivity index (χ1n) is 13.6. The van der Waals surface area contributed by atoms with Crippen molar-refractivity contribution in [1.29, 1.82) is 0 Å². The Hall–Kier alpha value is -4.28. The van der Waals surface area contributed by atoms with E-state index < -0.39 is 70.4 Å². The number of anilines is 2. The van der Waals surface area contributed by atoms with Crippen molar-refractivity contribution in [3.8, 4) is 10.6 Å². The highest BCUT2D eigenvalue weighted by Gasteiger charge is 2.40. The number of halogens is 6. The minimum Gasteiger partial charge on any atom is -0.444 e. The lowest BCUT2D eigenvalue weighted by Gasteiger charge is -2.19. The fourth-order valence-corrected chi connectivity index (χ4v) is 5.70. The first kappa shape index (κ1) is 33.6. The Bertz CT molecular complexity index is 1620. The number of amides is 3. The van der Waals surface area contributed by atoms with Crippen LogP contribution in [0.25, 0.3) is 10.6 Å². The fourth-order valence-electron chi connectivity index (χ4n) is 4.70. The molecular weight excluding hydrogens is 630 g/mol. The van der Waals surface area contributed by atoms with Gasteiger partial charge in [-0.2, -0.15) is 18.3 Å². The van der Waals surface area contributed by atoms with Crippen molar-refractivity contribution in [3.63, 3.8) is 0 Å². The molecule has 2 heterocycles. The van der Waals surface area contributed by atoms with Crippen LogP contribution in [-0.4, -0.2) is 56.3 Å². The van der Waals surface area contributed by atoms with Crippen LogP contribution in [0.1, 0.15) is 68.6 Å². The molecule has 2 atom stereocenters. The van der Waals surface area contributed by atoms with E-state index in [1.54, 1.807) is 27.8 Å². The molecule has 4 rings (SSSR count). The predicted molar refractivity (Wildman–Crippen MR) is 153 cm³/mol. The van der Waals surface area contributed by atoms with Crippen LogP contribution in [0.3, 0.4) is 0 Å². The molecule has 2 N–H and O–H groups in total. The van der Waals surface area contributed by atoms with E-state index in [-0.39, 0.29) is 41.4 Å². The lowest BCUT2D eigenvalue weighted by atomic mass is 9.95. The third-order valence-corrected chi connectivity index (χ3v) is 7.61. The second-order valence-electron chi connectivity index (χ2n) is 11.1. The van der Waals surface area contributed by atoms with E-state index in [2.05, 4.69) is 25.7 Å². The maximum absolute atomic E-state index is 14.7. The number of thiazole rings is 1. The van der Waals surface area contributed by atoms with Crippen molar-refractivity contribution in [2.45, 2.75) is 70.3 Å². The minimum atomic E-state index is -5.23. The number of alkyl halides is 4. The molecule has 0 bridgehead atoms. The van der Waals surface area contributed by atoms with Crippen LogP contribution >= 0.6 is 11.3 Å². The van der Waals surface area contributed by atoms with Gasteiger partial charge in [0.2, 0.25) is 0 Å². The number of aromatic nitrogens is 3. The molecule has 2 aromatic heterocycles. The number of benzene rings is 1. The highest BCUT2D eigenvalue weighted by atomic mass is 32.1. The SMILES string of the molecule is Cn1ncc(NC(=O)c2nc(-c3c(F)cccc3F)sc2NC(=O)OC(C)(C)C)c1C1CCC(=NC(=O)C(F)(F)F)[C@H](F)CC1. The number of carbonyl (C=O) groups excluding carboxylic acids is 3. The number of hydrogen-bond acceptors (Lipinski definition) is 7. The molecule has 0 radical (unpaired) electrons. The molecule has 10 nitrogen and oxygen atoms in total. The summed E-state index contributed by atoms with van der Waals surface area (Å²) in [5, 5.41) is 8.73.